The molecule has 2 rings (SSSR count). The first kappa shape index (κ1) is 16.9. The van der Waals surface area contributed by atoms with Crippen molar-refractivity contribution < 1.29 is 32.4 Å². The average Bonchev–Trinajstić information content (AvgIpc) is 2.79. The van der Waals surface area contributed by atoms with Crippen LogP contribution in [0.15, 0.2) is 29.2 Å². The molecule has 9 heteroatoms. The summed E-state index contributed by atoms with van der Waals surface area (Å²) in [5.41, 5.74) is 0.920. The Balaban J connectivity index is 1.84. The van der Waals surface area contributed by atoms with Gasteiger partial charge < -0.3 is 4.74 Å². The summed E-state index contributed by atoms with van der Waals surface area (Å²) < 4.78 is 28.6. The van der Waals surface area contributed by atoms with Gasteiger partial charge >= 0.3 is 6.16 Å². The Labute approximate surface area is 132 Å². The van der Waals surface area contributed by atoms with Gasteiger partial charge in [0.1, 0.15) is 6.61 Å². The van der Waals surface area contributed by atoms with Gasteiger partial charge in [0.15, 0.2) is 9.84 Å². The first-order valence-corrected chi connectivity index (χ1v) is 8.45. The molecule has 2 amide bonds. The zero-order valence-electron chi connectivity index (χ0n) is 12.4. The molecule has 1 aliphatic heterocycles. The van der Waals surface area contributed by atoms with Gasteiger partial charge in [0.2, 0.25) is 0 Å². The molecule has 1 aromatic rings. The lowest BCUT2D eigenvalue weighted by molar-refractivity contribution is -0.176. The molecule has 0 atom stereocenters. The van der Waals surface area contributed by atoms with Crippen molar-refractivity contribution in [2.75, 3.05) is 12.4 Å². The van der Waals surface area contributed by atoms with Crippen LogP contribution in [0.2, 0.25) is 0 Å². The number of amides is 2. The Morgan fingerprint density at radius 2 is 1.70 bits per heavy atom. The first-order chi connectivity index (χ1) is 10.8. The van der Waals surface area contributed by atoms with Crippen molar-refractivity contribution >= 4 is 27.8 Å². The SMILES string of the molecule is Cc1ccc(S(=O)(=O)CCOC(=O)ON2C(=O)CCC2=O)cc1. The molecule has 0 aliphatic carbocycles. The van der Waals surface area contributed by atoms with Gasteiger partial charge in [0, 0.05) is 12.8 Å². The topological polar surface area (TPSA) is 107 Å². The van der Waals surface area contributed by atoms with Crippen LogP contribution in [0.25, 0.3) is 0 Å². The molecule has 0 N–H and O–H groups in total. The summed E-state index contributed by atoms with van der Waals surface area (Å²) in [4.78, 5) is 38.4. The highest BCUT2D eigenvalue weighted by atomic mass is 32.2. The molecular formula is C14H15NO7S. The summed E-state index contributed by atoms with van der Waals surface area (Å²) in [6.07, 6.45) is -1.37. The molecule has 1 heterocycles. The molecule has 23 heavy (non-hydrogen) atoms. The zero-order chi connectivity index (χ0) is 17.0. The number of nitrogens with zero attached hydrogens (tertiary/aromatic N) is 1. The van der Waals surface area contributed by atoms with E-state index in [1.807, 2.05) is 6.92 Å². The third-order valence-corrected chi connectivity index (χ3v) is 4.82. The van der Waals surface area contributed by atoms with E-state index in [1.165, 1.54) is 12.1 Å². The van der Waals surface area contributed by atoms with Gasteiger partial charge in [-0.25, -0.2) is 13.2 Å². The maximum absolute atomic E-state index is 12.0. The van der Waals surface area contributed by atoms with E-state index >= 15 is 0 Å². The molecule has 0 radical (unpaired) electrons. The predicted octanol–water partition coefficient (Wildman–Crippen LogP) is 0.986. The molecule has 1 fully saturated rings. The van der Waals surface area contributed by atoms with Crippen LogP contribution in [0.4, 0.5) is 4.79 Å². The standard InChI is InChI=1S/C14H15NO7S/c1-10-2-4-11(5-3-10)23(19,20)9-8-21-14(18)22-15-12(16)6-7-13(15)17/h2-5H,6-9H2,1H3. The summed E-state index contributed by atoms with van der Waals surface area (Å²) >= 11 is 0. The first-order valence-electron chi connectivity index (χ1n) is 6.79. The number of sulfone groups is 1. The summed E-state index contributed by atoms with van der Waals surface area (Å²) in [5, 5.41) is 0.330. The third kappa shape index (κ3) is 4.28. The Bertz CT molecular complexity index is 708. The number of carbonyl (C=O) groups excluding carboxylic acids is 3. The average molecular weight is 341 g/mol. The smallest absolute Gasteiger partial charge is 0.432 e. The fourth-order valence-corrected chi connectivity index (χ4v) is 2.95. The summed E-state index contributed by atoms with van der Waals surface area (Å²) in [5.74, 6) is -1.72. The van der Waals surface area contributed by atoms with Crippen LogP contribution >= 0.6 is 0 Å². The van der Waals surface area contributed by atoms with Gasteiger partial charge in [-0.15, -0.1) is 0 Å². The molecule has 0 saturated carbocycles. The van der Waals surface area contributed by atoms with Gasteiger partial charge in [-0.1, -0.05) is 22.8 Å². The van der Waals surface area contributed by atoms with Gasteiger partial charge in [-0.05, 0) is 19.1 Å². The van der Waals surface area contributed by atoms with Crippen LogP contribution in [0.1, 0.15) is 18.4 Å². The molecule has 8 nitrogen and oxygen atoms in total. The fraction of sp³-hybridized carbons (Fsp3) is 0.357. The quantitative estimate of drug-likeness (QED) is 0.580. The largest absolute Gasteiger partial charge is 0.533 e. The van der Waals surface area contributed by atoms with Crippen LogP contribution in [-0.2, 0) is 29.0 Å². The Morgan fingerprint density at radius 1 is 1.13 bits per heavy atom. The summed E-state index contributed by atoms with van der Waals surface area (Å²) in [6.45, 7) is 1.38. The highest BCUT2D eigenvalue weighted by molar-refractivity contribution is 7.91. The molecule has 1 aliphatic rings. The molecule has 0 aromatic heterocycles. The van der Waals surface area contributed by atoms with Crippen molar-refractivity contribution in [2.45, 2.75) is 24.7 Å². The second-order valence-electron chi connectivity index (χ2n) is 4.90. The Kier molecular flexibility index (Phi) is 4.99. The van der Waals surface area contributed by atoms with Crippen molar-refractivity contribution in [2.24, 2.45) is 0 Å². The van der Waals surface area contributed by atoms with Crippen molar-refractivity contribution in [1.82, 2.24) is 5.06 Å². The maximum Gasteiger partial charge on any atom is 0.533 e. The van der Waals surface area contributed by atoms with Crippen molar-refractivity contribution in [1.29, 1.82) is 0 Å². The molecule has 0 bridgehead atoms. The van der Waals surface area contributed by atoms with E-state index in [9.17, 15) is 22.8 Å². The van der Waals surface area contributed by atoms with Crippen molar-refractivity contribution in [3.63, 3.8) is 0 Å². The normalized spacial score (nSPS) is 14.9. The van der Waals surface area contributed by atoms with Crippen LogP contribution in [0.3, 0.4) is 0 Å². The van der Waals surface area contributed by atoms with Crippen molar-refractivity contribution in [3.05, 3.63) is 29.8 Å². The van der Waals surface area contributed by atoms with E-state index in [1.54, 1.807) is 12.1 Å². The molecule has 124 valence electrons. The molecule has 0 spiro atoms. The number of imide groups is 1. The van der Waals surface area contributed by atoms with Crippen molar-refractivity contribution in [3.8, 4) is 0 Å². The molecular weight excluding hydrogens is 326 g/mol. The van der Waals surface area contributed by atoms with Crippen LogP contribution in [-0.4, -0.2) is 43.8 Å². The van der Waals surface area contributed by atoms with Gasteiger partial charge in [-0.3, -0.25) is 14.4 Å². The lowest BCUT2D eigenvalue weighted by Gasteiger charge is -2.12. The second kappa shape index (κ2) is 6.78. The Morgan fingerprint density at radius 3 is 2.26 bits per heavy atom. The number of hydrogen-bond donors (Lipinski definition) is 0. The highest BCUT2D eigenvalue weighted by Crippen LogP contribution is 2.14. The molecule has 0 unspecified atom stereocenters. The maximum atomic E-state index is 12.0. The van der Waals surface area contributed by atoms with Crippen LogP contribution < -0.4 is 0 Å². The van der Waals surface area contributed by atoms with E-state index in [0.29, 0.717) is 5.06 Å². The lowest BCUT2D eigenvalue weighted by atomic mass is 10.2. The van der Waals surface area contributed by atoms with E-state index < -0.39 is 40.2 Å². The number of benzene rings is 1. The van der Waals surface area contributed by atoms with Crippen LogP contribution in [0, 0.1) is 6.92 Å². The third-order valence-electron chi connectivity index (χ3n) is 3.12. The van der Waals surface area contributed by atoms with E-state index in [2.05, 4.69) is 9.57 Å². The number of carbonyl (C=O) groups is 3. The number of rotatable bonds is 5. The number of hydrogen-bond acceptors (Lipinski definition) is 7. The van der Waals surface area contributed by atoms with Crippen LogP contribution in [0.5, 0.6) is 0 Å². The second-order valence-corrected chi connectivity index (χ2v) is 7.01. The number of aryl methyl sites for hydroxylation is 1. The highest BCUT2D eigenvalue weighted by Gasteiger charge is 2.33. The number of hydroxylamine groups is 2. The van der Waals surface area contributed by atoms with Gasteiger partial charge in [0.05, 0.1) is 10.6 Å². The monoisotopic (exact) mass is 341 g/mol. The Hall–Kier alpha value is -2.42. The minimum Gasteiger partial charge on any atom is -0.432 e. The fourth-order valence-electron chi connectivity index (χ4n) is 1.86. The minimum absolute atomic E-state index is 0.0338. The molecule has 1 saturated heterocycles. The number of ether oxygens (including phenoxy) is 1. The predicted molar refractivity (Wildman–Crippen MR) is 76.8 cm³/mol. The lowest BCUT2D eigenvalue weighted by Crippen LogP contribution is -2.32. The van der Waals surface area contributed by atoms with E-state index in [-0.39, 0.29) is 17.7 Å². The summed E-state index contributed by atoms with van der Waals surface area (Å²) in [6, 6.07) is 6.24. The van der Waals surface area contributed by atoms with E-state index in [4.69, 9.17) is 0 Å². The van der Waals surface area contributed by atoms with E-state index in [0.717, 1.165) is 5.56 Å². The minimum atomic E-state index is -3.60. The zero-order valence-corrected chi connectivity index (χ0v) is 13.2. The van der Waals surface area contributed by atoms with Gasteiger partial charge in [0.25, 0.3) is 11.8 Å². The van der Waals surface area contributed by atoms with Gasteiger partial charge in [-0.2, -0.15) is 0 Å². The molecule has 1 aromatic carbocycles. The summed E-state index contributed by atoms with van der Waals surface area (Å²) in [7, 11) is -3.60.